The minimum absolute atomic E-state index is 0.00954. The summed E-state index contributed by atoms with van der Waals surface area (Å²) in [5, 5.41) is 0. The molecule has 0 rings (SSSR count). The van der Waals surface area contributed by atoms with Crippen molar-refractivity contribution < 1.29 is 9.53 Å². The highest BCUT2D eigenvalue weighted by Crippen LogP contribution is 2.14. The molecular formula is C20H40O2. The van der Waals surface area contributed by atoms with Crippen LogP contribution in [0.25, 0.3) is 0 Å². The second-order valence-corrected chi connectivity index (χ2v) is 7.22. The average molecular weight is 313 g/mol. The van der Waals surface area contributed by atoms with E-state index in [9.17, 15) is 4.79 Å². The standard InChI is InChI=1S/C20H40O2/c1-5-6-7-9-13-16-19(4)20(21)22-17-14-11-8-10-12-15-18(2)3/h18-19H,5-17H2,1-4H3. The second-order valence-electron chi connectivity index (χ2n) is 7.22. The maximum Gasteiger partial charge on any atom is 0.308 e. The van der Waals surface area contributed by atoms with E-state index >= 15 is 0 Å². The van der Waals surface area contributed by atoms with Crippen molar-refractivity contribution in [3.05, 3.63) is 0 Å². The molecule has 0 saturated heterocycles. The summed E-state index contributed by atoms with van der Waals surface area (Å²) in [6.45, 7) is 9.41. The summed E-state index contributed by atoms with van der Waals surface area (Å²) in [5.41, 5.74) is 0. The third-order valence-electron chi connectivity index (χ3n) is 4.31. The Morgan fingerprint density at radius 3 is 1.95 bits per heavy atom. The van der Waals surface area contributed by atoms with Gasteiger partial charge in [0.25, 0.3) is 0 Å². The summed E-state index contributed by atoms with van der Waals surface area (Å²) in [6, 6.07) is 0. The number of ether oxygens (including phenoxy) is 1. The largest absolute Gasteiger partial charge is 0.465 e. The van der Waals surface area contributed by atoms with Crippen molar-refractivity contribution in [3.8, 4) is 0 Å². The molecule has 2 heteroatoms. The molecule has 1 unspecified atom stereocenters. The van der Waals surface area contributed by atoms with Gasteiger partial charge in [0.1, 0.15) is 0 Å². The van der Waals surface area contributed by atoms with Crippen LogP contribution in [0.15, 0.2) is 0 Å². The Hall–Kier alpha value is -0.530. The highest BCUT2D eigenvalue weighted by atomic mass is 16.5. The van der Waals surface area contributed by atoms with Crippen molar-refractivity contribution in [2.24, 2.45) is 11.8 Å². The first kappa shape index (κ1) is 21.5. The summed E-state index contributed by atoms with van der Waals surface area (Å²) >= 11 is 0. The molecule has 0 aliphatic rings. The van der Waals surface area contributed by atoms with Gasteiger partial charge >= 0.3 is 5.97 Å². The average Bonchev–Trinajstić information content (AvgIpc) is 2.48. The molecule has 0 aromatic carbocycles. The molecule has 0 aromatic heterocycles. The molecule has 0 aromatic rings. The van der Waals surface area contributed by atoms with Crippen LogP contribution in [0.5, 0.6) is 0 Å². The molecule has 0 aliphatic carbocycles. The Morgan fingerprint density at radius 2 is 1.32 bits per heavy atom. The van der Waals surface area contributed by atoms with Crippen molar-refractivity contribution >= 4 is 5.97 Å². The molecule has 22 heavy (non-hydrogen) atoms. The van der Waals surface area contributed by atoms with E-state index < -0.39 is 0 Å². The van der Waals surface area contributed by atoms with Gasteiger partial charge in [-0.15, -0.1) is 0 Å². The predicted molar refractivity (Wildman–Crippen MR) is 96.0 cm³/mol. The fourth-order valence-corrected chi connectivity index (χ4v) is 2.67. The van der Waals surface area contributed by atoms with Crippen molar-refractivity contribution in [1.29, 1.82) is 0 Å². The van der Waals surface area contributed by atoms with Crippen molar-refractivity contribution in [2.75, 3.05) is 6.61 Å². The van der Waals surface area contributed by atoms with Crippen LogP contribution >= 0.6 is 0 Å². The molecule has 0 aliphatic heterocycles. The van der Waals surface area contributed by atoms with Crippen LogP contribution in [-0.2, 0) is 9.53 Å². The molecule has 0 spiro atoms. The van der Waals surface area contributed by atoms with Gasteiger partial charge in [-0.2, -0.15) is 0 Å². The van der Waals surface area contributed by atoms with Crippen LogP contribution in [0.2, 0.25) is 0 Å². The predicted octanol–water partition coefficient (Wildman–Crippen LogP) is 6.52. The third-order valence-corrected chi connectivity index (χ3v) is 4.31. The van der Waals surface area contributed by atoms with Crippen molar-refractivity contribution in [1.82, 2.24) is 0 Å². The molecule has 0 heterocycles. The van der Waals surface area contributed by atoms with Gasteiger partial charge in [0.15, 0.2) is 0 Å². The van der Waals surface area contributed by atoms with Gasteiger partial charge in [-0.05, 0) is 18.8 Å². The summed E-state index contributed by atoms with van der Waals surface area (Å²) in [4.78, 5) is 11.9. The maximum atomic E-state index is 11.9. The third kappa shape index (κ3) is 14.4. The molecule has 0 N–H and O–H groups in total. The first-order valence-electron chi connectivity index (χ1n) is 9.74. The summed E-state index contributed by atoms with van der Waals surface area (Å²) < 4.78 is 5.39. The van der Waals surface area contributed by atoms with Crippen LogP contribution in [0.1, 0.15) is 105 Å². The van der Waals surface area contributed by atoms with Gasteiger partial charge in [0, 0.05) is 0 Å². The number of carbonyl (C=O) groups excluding carboxylic acids is 1. The SMILES string of the molecule is CCCCCCCC(C)C(=O)OCCCCCCCC(C)C. The number of hydrogen-bond donors (Lipinski definition) is 0. The van der Waals surface area contributed by atoms with E-state index in [0.29, 0.717) is 6.61 Å². The molecule has 2 nitrogen and oxygen atoms in total. The van der Waals surface area contributed by atoms with Crippen LogP contribution in [0.3, 0.4) is 0 Å². The van der Waals surface area contributed by atoms with E-state index in [1.807, 2.05) is 6.92 Å². The van der Waals surface area contributed by atoms with Gasteiger partial charge in [-0.1, -0.05) is 91.9 Å². The Balaban J connectivity index is 3.37. The number of unbranched alkanes of at least 4 members (excludes halogenated alkanes) is 8. The zero-order valence-corrected chi connectivity index (χ0v) is 15.7. The normalized spacial score (nSPS) is 12.6. The van der Waals surface area contributed by atoms with E-state index in [4.69, 9.17) is 4.74 Å². The van der Waals surface area contributed by atoms with Crippen molar-refractivity contribution in [2.45, 2.75) is 105 Å². The van der Waals surface area contributed by atoms with E-state index in [1.165, 1.54) is 57.8 Å². The van der Waals surface area contributed by atoms with Crippen LogP contribution in [-0.4, -0.2) is 12.6 Å². The van der Waals surface area contributed by atoms with E-state index in [1.54, 1.807) is 0 Å². The first-order chi connectivity index (χ1) is 10.6. The lowest BCUT2D eigenvalue weighted by atomic mass is 10.0. The Labute approximate surface area is 139 Å². The van der Waals surface area contributed by atoms with Gasteiger partial charge in [-0.3, -0.25) is 4.79 Å². The zero-order chi connectivity index (χ0) is 16.6. The summed E-state index contributed by atoms with van der Waals surface area (Å²) in [7, 11) is 0. The monoisotopic (exact) mass is 312 g/mol. The quantitative estimate of drug-likeness (QED) is 0.254. The van der Waals surface area contributed by atoms with E-state index in [-0.39, 0.29) is 11.9 Å². The molecule has 0 amide bonds. The summed E-state index contributed by atoms with van der Waals surface area (Å²) in [5.74, 6) is 0.910. The summed E-state index contributed by atoms with van der Waals surface area (Å²) in [6.07, 6.45) is 14.8. The van der Waals surface area contributed by atoms with E-state index in [2.05, 4.69) is 20.8 Å². The van der Waals surface area contributed by atoms with Crippen LogP contribution in [0, 0.1) is 11.8 Å². The number of rotatable bonds is 15. The van der Waals surface area contributed by atoms with Gasteiger partial charge < -0.3 is 4.74 Å². The first-order valence-corrected chi connectivity index (χ1v) is 9.74. The number of hydrogen-bond acceptors (Lipinski definition) is 2. The lowest BCUT2D eigenvalue weighted by molar-refractivity contribution is -0.148. The van der Waals surface area contributed by atoms with Crippen LogP contribution in [0.4, 0.5) is 0 Å². The smallest absolute Gasteiger partial charge is 0.308 e. The Bertz CT molecular complexity index is 248. The molecule has 0 radical (unpaired) electrons. The highest BCUT2D eigenvalue weighted by molar-refractivity contribution is 5.71. The lowest BCUT2D eigenvalue weighted by Crippen LogP contribution is -2.15. The molecule has 132 valence electrons. The number of esters is 1. The topological polar surface area (TPSA) is 26.3 Å². The molecule has 0 saturated carbocycles. The fraction of sp³-hybridized carbons (Fsp3) is 0.950. The minimum Gasteiger partial charge on any atom is -0.465 e. The fourth-order valence-electron chi connectivity index (χ4n) is 2.67. The maximum absolute atomic E-state index is 11.9. The zero-order valence-electron chi connectivity index (χ0n) is 15.7. The molecule has 0 bridgehead atoms. The van der Waals surface area contributed by atoms with Gasteiger partial charge in [0.05, 0.1) is 12.5 Å². The number of carbonyl (C=O) groups is 1. The highest BCUT2D eigenvalue weighted by Gasteiger charge is 2.13. The molecule has 0 fully saturated rings. The van der Waals surface area contributed by atoms with Crippen molar-refractivity contribution in [3.63, 3.8) is 0 Å². The second kappa shape index (κ2) is 15.4. The lowest BCUT2D eigenvalue weighted by Gasteiger charge is -2.11. The van der Waals surface area contributed by atoms with Crippen LogP contribution < -0.4 is 0 Å². The molecule has 1 atom stereocenters. The Kier molecular flexibility index (Phi) is 15.0. The molecular weight excluding hydrogens is 272 g/mol. The van der Waals surface area contributed by atoms with Gasteiger partial charge in [0.2, 0.25) is 0 Å². The van der Waals surface area contributed by atoms with Gasteiger partial charge in [-0.25, -0.2) is 0 Å². The van der Waals surface area contributed by atoms with E-state index in [0.717, 1.165) is 25.2 Å². The minimum atomic E-state index is 0.00954. The Morgan fingerprint density at radius 1 is 0.773 bits per heavy atom.